The lowest BCUT2D eigenvalue weighted by molar-refractivity contribution is -0.315. The quantitative estimate of drug-likeness (QED) is 0.360. The molecule has 4 N–H and O–H groups in total. The molecule has 17 atom stereocenters. The third-order valence-electron chi connectivity index (χ3n) is 13.9. The minimum Gasteiger partial charge on any atom is -0.394 e. The van der Waals surface area contributed by atoms with Crippen molar-refractivity contribution in [3.05, 3.63) is 0 Å². The van der Waals surface area contributed by atoms with E-state index in [9.17, 15) is 25.2 Å². The first-order chi connectivity index (χ1) is 19.9. The second kappa shape index (κ2) is 12.0. The zero-order valence-electron chi connectivity index (χ0n) is 26.5. The van der Waals surface area contributed by atoms with Crippen molar-refractivity contribution in [1.29, 1.82) is 0 Å². The first-order valence-corrected chi connectivity index (χ1v) is 17.1. The Balaban J connectivity index is 1.12. The number of ether oxygens (including phenoxy) is 2. The van der Waals surface area contributed by atoms with Crippen molar-refractivity contribution in [3.8, 4) is 0 Å². The van der Waals surface area contributed by atoms with Crippen LogP contribution in [0.2, 0.25) is 0 Å². The molecular formula is C34H57NO7. The number of aliphatic hydroxyl groups is 4. The van der Waals surface area contributed by atoms with Gasteiger partial charge in [0.15, 0.2) is 6.29 Å². The average molecular weight is 592 g/mol. The maximum Gasteiger partial charge on any atom is 0.186 e. The van der Waals surface area contributed by atoms with Gasteiger partial charge in [-0.3, -0.25) is 4.79 Å². The van der Waals surface area contributed by atoms with E-state index in [1.165, 1.54) is 38.6 Å². The number of carbonyl (C=O) groups is 1. The van der Waals surface area contributed by atoms with Crippen LogP contribution in [0.15, 0.2) is 0 Å². The van der Waals surface area contributed by atoms with E-state index in [4.69, 9.17) is 9.47 Å². The fraction of sp³-hybridized carbons (Fsp3) is 0.971. The summed E-state index contributed by atoms with van der Waals surface area (Å²) >= 11 is 0. The molecule has 42 heavy (non-hydrogen) atoms. The highest BCUT2D eigenvalue weighted by molar-refractivity contribution is 5.83. The van der Waals surface area contributed by atoms with E-state index in [2.05, 4.69) is 39.6 Å². The Labute approximate surface area is 252 Å². The molecule has 0 radical (unpaired) electrons. The summed E-state index contributed by atoms with van der Waals surface area (Å²) in [4.78, 5) is 16.5. The summed E-state index contributed by atoms with van der Waals surface area (Å²) in [6, 6.07) is 0.691. The van der Waals surface area contributed by atoms with Crippen molar-refractivity contribution in [2.24, 2.45) is 58.7 Å². The Bertz CT molecular complexity index is 978. The zero-order chi connectivity index (χ0) is 30.1. The number of fused-ring (bicyclic) bond motifs is 5. The molecule has 0 spiro atoms. The van der Waals surface area contributed by atoms with Crippen LogP contribution in [0.3, 0.4) is 0 Å². The third kappa shape index (κ3) is 5.23. The Kier molecular flexibility index (Phi) is 8.93. The summed E-state index contributed by atoms with van der Waals surface area (Å²) in [5, 5.41) is 40.4. The normalized spacial score (nSPS) is 54.1. The topological polar surface area (TPSA) is 120 Å². The number of aliphatic hydroxyl groups excluding tert-OH is 4. The van der Waals surface area contributed by atoms with Gasteiger partial charge >= 0.3 is 0 Å². The summed E-state index contributed by atoms with van der Waals surface area (Å²) < 4.78 is 11.8. The van der Waals surface area contributed by atoms with Crippen LogP contribution in [0.25, 0.3) is 0 Å². The van der Waals surface area contributed by atoms with Gasteiger partial charge in [-0.1, -0.05) is 27.7 Å². The first kappa shape index (κ1) is 31.4. The number of nitrogens with zero attached hydrogens (tertiary/aromatic N) is 1. The summed E-state index contributed by atoms with van der Waals surface area (Å²) in [5.41, 5.74) is -0.0346. The first-order valence-electron chi connectivity index (χ1n) is 17.1. The highest BCUT2D eigenvalue weighted by Crippen LogP contribution is 2.65. The Hall–Kier alpha value is -0.610. The molecule has 6 rings (SSSR count). The summed E-state index contributed by atoms with van der Waals surface area (Å²) in [5.74, 6) is 5.72. The van der Waals surface area contributed by atoms with Crippen molar-refractivity contribution >= 4 is 5.78 Å². The number of likely N-dealkylation sites (tertiary alicyclic amines) is 1. The van der Waals surface area contributed by atoms with Gasteiger partial charge in [0.25, 0.3) is 0 Å². The van der Waals surface area contributed by atoms with Gasteiger partial charge in [-0.25, -0.2) is 0 Å². The van der Waals surface area contributed by atoms with Crippen LogP contribution in [-0.4, -0.2) is 94.2 Å². The van der Waals surface area contributed by atoms with Gasteiger partial charge in [-0.2, -0.15) is 0 Å². The smallest absolute Gasteiger partial charge is 0.186 e. The summed E-state index contributed by atoms with van der Waals surface area (Å²) in [6.07, 6.45) is 2.80. The van der Waals surface area contributed by atoms with Crippen LogP contribution >= 0.6 is 0 Å². The summed E-state index contributed by atoms with van der Waals surface area (Å²) in [7, 11) is 2.33. The number of ketones is 1. The number of rotatable bonds is 5. The van der Waals surface area contributed by atoms with Crippen LogP contribution in [0.4, 0.5) is 0 Å². The lowest BCUT2D eigenvalue weighted by Crippen LogP contribution is -2.60. The molecule has 0 amide bonds. The van der Waals surface area contributed by atoms with E-state index in [1.54, 1.807) is 0 Å². The van der Waals surface area contributed by atoms with Gasteiger partial charge in [0.2, 0.25) is 0 Å². The van der Waals surface area contributed by atoms with Crippen LogP contribution in [0.1, 0.15) is 85.5 Å². The van der Waals surface area contributed by atoms with E-state index < -0.39 is 37.3 Å². The molecule has 240 valence electrons. The van der Waals surface area contributed by atoms with Crippen molar-refractivity contribution in [2.45, 2.75) is 128 Å². The molecule has 2 heterocycles. The largest absolute Gasteiger partial charge is 0.394 e. The van der Waals surface area contributed by atoms with Crippen LogP contribution in [0.5, 0.6) is 0 Å². The number of Topliss-reactive ketones (excluding diaryl/α,β-unsaturated/α-hetero) is 1. The molecule has 2 saturated heterocycles. The predicted molar refractivity (Wildman–Crippen MR) is 158 cm³/mol. The Morgan fingerprint density at radius 3 is 2.48 bits per heavy atom. The number of piperidine rings is 1. The molecule has 8 nitrogen and oxygen atoms in total. The van der Waals surface area contributed by atoms with E-state index in [0.717, 1.165) is 24.7 Å². The van der Waals surface area contributed by atoms with Crippen LogP contribution in [0, 0.1) is 58.7 Å². The number of hydrogen-bond acceptors (Lipinski definition) is 8. The van der Waals surface area contributed by atoms with Crippen molar-refractivity contribution in [2.75, 3.05) is 20.2 Å². The minimum atomic E-state index is -1.45. The monoisotopic (exact) mass is 591 g/mol. The molecule has 4 saturated carbocycles. The fourth-order valence-electron chi connectivity index (χ4n) is 11.5. The van der Waals surface area contributed by atoms with Gasteiger partial charge in [-0.15, -0.1) is 0 Å². The van der Waals surface area contributed by atoms with E-state index in [-0.39, 0.29) is 17.4 Å². The molecular weight excluding hydrogens is 534 g/mol. The van der Waals surface area contributed by atoms with Crippen molar-refractivity contribution in [3.63, 3.8) is 0 Å². The molecule has 4 aliphatic carbocycles. The second-order valence-electron chi connectivity index (χ2n) is 15.9. The standard InChI is InChI=1S/C34H57NO7/c1-17-6-9-27(35(5)15-17)19(3)21-7-8-22-23(18(21)2)13-25-24(22)14-28(37)26-12-20(10-11-34(25,26)4)41-33-32(40)31(39)30(38)29(16-36)42-33/h17-27,29-33,36,38-40H,6-16H2,1-5H3/t17?,18-,19?,20-,21+,22?,23?,24-,25?,26?,27+,29+,30+,31+,32+,33+,34+/m0/s1. The van der Waals surface area contributed by atoms with Crippen molar-refractivity contribution < 1.29 is 34.7 Å². The van der Waals surface area contributed by atoms with Gasteiger partial charge in [0.1, 0.15) is 30.2 Å². The van der Waals surface area contributed by atoms with Gasteiger partial charge in [0.05, 0.1) is 12.7 Å². The minimum absolute atomic E-state index is 0.0346. The maximum atomic E-state index is 13.8. The molecule has 8 heteroatoms. The second-order valence-corrected chi connectivity index (χ2v) is 15.9. The third-order valence-corrected chi connectivity index (χ3v) is 13.9. The SMILES string of the molecule is CC1CC[C@H](C(C)[C@@H]2CCC3C(CC4[C@H]3CC(=O)C3C[C@@H](O[C@@H]5O[C@H](CO)[C@@H](O)[C@@H](O)[C@H]5O)CC[C@@]34C)[C@H]2C)N(C)C1. The van der Waals surface area contributed by atoms with E-state index in [0.29, 0.717) is 60.2 Å². The van der Waals surface area contributed by atoms with Crippen molar-refractivity contribution in [1.82, 2.24) is 4.90 Å². The lowest BCUT2D eigenvalue weighted by atomic mass is 9.51. The molecule has 6 fully saturated rings. The van der Waals surface area contributed by atoms with Gasteiger partial charge in [-0.05, 0) is 111 Å². The lowest BCUT2D eigenvalue weighted by Gasteiger charge is -2.53. The molecule has 0 aromatic rings. The highest BCUT2D eigenvalue weighted by atomic mass is 16.7. The fourth-order valence-corrected chi connectivity index (χ4v) is 11.5. The molecule has 0 aromatic carbocycles. The van der Waals surface area contributed by atoms with Crippen LogP contribution in [-0.2, 0) is 14.3 Å². The van der Waals surface area contributed by atoms with Gasteiger partial charge < -0.3 is 34.8 Å². The van der Waals surface area contributed by atoms with E-state index >= 15 is 0 Å². The van der Waals surface area contributed by atoms with Crippen LogP contribution < -0.4 is 0 Å². The molecule has 6 aliphatic rings. The number of carbonyl (C=O) groups excluding carboxylic acids is 1. The molecule has 0 bridgehead atoms. The van der Waals surface area contributed by atoms with E-state index in [1.807, 2.05) is 0 Å². The average Bonchev–Trinajstić information content (AvgIpc) is 3.34. The Morgan fingerprint density at radius 2 is 1.76 bits per heavy atom. The summed E-state index contributed by atoms with van der Waals surface area (Å²) in [6.45, 7) is 10.6. The zero-order valence-corrected chi connectivity index (χ0v) is 26.5. The predicted octanol–water partition coefficient (Wildman–Crippen LogP) is 3.23. The van der Waals surface area contributed by atoms with Gasteiger partial charge in [0, 0.05) is 24.9 Å². The Morgan fingerprint density at radius 1 is 1.00 bits per heavy atom. The molecule has 0 aromatic heterocycles. The number of hydrogen-bond donors (Lipinski definition) is 4. The maximum absolute atomic E-state index is 13.8. The molecule has 2 aliphatic heterocycles. The molecule has 6 unspecified atom stereocenters. The highest BCUT2D eigenvalue weighted by Gasteiger charge is 2.62.